The lowest BCUT2D eigenvalue weighted by Crippen LogP contribution is -2.10. The molecule has 1 N–H and O–H groups in total. The Bertz CT molecular complexity index is 905. The van der Waals surface area contributed by atoms with Crippen LogP contribution in [0, 0.1) is 13.8 Å². The Labute approximate surface area is 148 Å². The molecule has 0 spiro atoms. The Morgan fingerprint density at radius 2 is 1.84 bits per heavy atom. The quantitative estimate of drug-likeness (QED) is 0.713. The van der Waals surface area contributed by atoms with E-state index in [-0.39, 0.29) is 5.91 Å². The number of thiophene rings is 1. The summed E-state index contributed by atoms with van der Waals surface area (Å²) in [5.74, 6) is 0.0961. The van der Waals surface area contributed by atoms with Gasteiger partial charge < -0.3 is 14.6 Å². The van der Waals surface area contributed by atoms with Crippen LogP contribution in [0.15, 0.2) is 40.9 Å². The number of ether oxygens (including phenoxy) is 1. The number of anilines is 1. The first-order chi connectivity index (χ1) is 12.0. The minimum absolute atomic E-state index is 0.214. The Hall–Kier alpha value is -2.93. The highest BCUT2D eigenvalue weighted by Gasteiger charge is 2.16. The number of esters is 1. The average molecular weight is 356 g/mol. The number of carbonyl (C=O) groups is 2. The number of nitrogens with zero attached hydrogens (tertiary/aromatic N) is 1. The summed E-state index contributed by atoms with van der Waals surface area (Å²) in [5, 5.41) is 6.75. The third-order valence-electron chi connectivity index (χ3n) is 3.67. The van der Waals surface area contributed by atoms with Gasteiger partial charge in [0.2, 0.25) is 0 Å². The van der Waals surface area contributed by atoms with E-state index in [1.807, 2.05) is 19.9 Å². The number of methoxy groups -OCH3 is 1. The molecule has 0 aliphatic carbocycles. The van der Waals surface area contributed by atoms with Gasteiger partial charge in [0.25, 0.3) is 5.91 Å². The second kappa shape index (κ2) is 6.90. The van der Waals surface area contributed by atoms with E-state index in [0.29, 0.717) is 16.1 Å². The largest absolute Gasteiger partial charge is 0.465 e. The van der Waals surface area contributed by atoms with Gasteiger partial charge in [0.05, 0.1) is 28.8 Å². The van der Waals surface area contributed by atoms with Crippen LogP contribution in [-0.4, -0.2) is 24.1 Å². The number of aryl methyl sites for hydroxylation is 2. The third kappa shape index (κ3) is 3.46. The zero-order valence-corrected chi connectivity index (χ0v) is 14.8. The lowest BCUT2D eigenvalue weighted by Gasteiger charge is -2.04. The molecular weight excluding hydrogens is 340 g/mol. The molecule has 0 saturated heterocycles. The second-order valence-electron chi connectivity index (χ2n) is 5.39. The molecule has 0 radical (unpaired) electrons. The van der Waals surface area contributed by atoms with Crippen LogP contribution in [0.2, 0.25) is 0 Å². The molecule has 0 aliphatic rings. The van der Waals surface area contributed by atoms with Gasteiger partial charge in [-0.1, -0.05) is 5.16 Å². The Kier molecular flexibility index (Phi) is 4.67. The summed E-state index contributed by atoms with van der Waals surface area (Å²) in [5.41, 5.74) is 2.75. The summed E-state index contributed by atoms with van der Waals surface area (Å²) in [6.07, 6.45) is 0. The zero-order valence-electron chi connectivity index (χ0n) is 14.0. The molecule has 2 heterocycles. The highest BCUT2D eigenvalue weighted by molar-refractivity contribution is 7.17. The molecule has 128 valence electrons. The normalized spacial score (nSPS) is 10.5. The summed E-state index contributed by atoms with van der Waals surface area (Å²) in [4.78, 5) is 25.3. The number of benzene rings is 1. The molecule has 0 bridgehead atoms. The van der Waals surface area contributed by atoms with Crippen molar-refractivity contribution in [2.75, 3.05) is 12.4 Å². The van der Waals surface area contributed by atoms with E-state index >= 15 is 0 Å². The van der Waals surface area contributed by atoms with Crippen LogP contribution in [-0.2, 0) is 4.74 Å². The summed E-state index contributed by atoms with van der Waals surface area (Å²) in [7, 11) is 1.32. The Morgan fingerprint density at radius 3 is 2.44 bits per heavy atom. The predicted octanol–water partition coefficient (Wildman–Crippen LogP) is 4.06. The van der Waals surface area contributed by atoms with E-state index in [1.165, 1.54) is 18.4 Å². The van der Waals surface area contributed by atoms with Gasteiger partial charge in [-0.05, 0) is 50.2 Å². The standard InChI is InChI=1S/C18H16N2O4S/c1-10-16(11(2)24-20-10)14-8-9-15(25-14)17(21)19-13-6-4-12(5-7-13)18(22)23-3/h4-9H,1-3H3,(H,19,21). The van der Waals surface area contributed by atoms with Gasteiger partial charge >= 0.3 is 5.97 Å². The lowest BCUT2D eigenvalue weighted by molar-refractivity contribution is 0.0600. The van der Waals surface area contributed by atoms with Crippen molar-refractivity contribution >= 4 is 28.9 Å². The maximum atomic E-state index is 12.4. The van der Waals surface area contributed by atoms with Gasteiger partial charge in [-0.2, -0.15) is 0 Å². The molecule has 3 rings (SSSR count). The van der Waals surface area contributed by atoms with Gasteiger partial charge in [-0.15, -0.1) is 11.3 Å². The van der Waals surface area contributed by atoms with Crippen LogP contribution in [0.25, 0.3) is 10.4 Å². The molecule has 1 amide bonds. The smallest absolute Gasteiger partial charge is 0.337 e. The maximum Gasteiger partial charge on any atom is 0.337 e. The number of aromatic nitrogens is 1. The van der Waals surface area contributed by atoms with Crippen molar-refractivity contribution < 1.29 is 18.8 Å². The summed E-state index contributed by atoms with van der Waals surface area (Å²) in [6.45, 7) is 3.71. The SMILES string of the molecule is COC(=O)c1ccc(NC(=O)c2ccc(-c3c(C)noc3C)s2)cc1. The number of rotatable bonds is 4. The topological polar surface area (TPSA) is 81.4 Å². The first-order valence-corrected chi connectivity index (χ1v) is 8.34. The fourth-order valence-electron chi connectivity index (χ4n) is 2.43. The minimum atomic E-state index is -0.416. The number of carbonyl (C=O) groups excluding carboxylic acids is 2. The van der Waals surface area contributed by atoms with Crippen LogP contribution in [0.3, 0.4) is 0 Å². The Morgan fingerprint density at radius 1 is 1.12 bits per heavy atom. The number of hydrogen-bond donors (Lipinski definition) is 1. The molecule has 0 fully saturated rings. The molecule has 0 saturated carbocycles. The monoisotopic (exact) mass is 356 g/mol. The van der Waals surface area contributed by atoms with Crippen molar-refractivity contribution in [3.8, 4) is 10.4 Å². The minimum Gasteiger partial charge on any atom is -0.465 e. The fourth-order valence-corrected chi connectivity index (χ4v) is 3.48. The van der Waals surface area contributed by atoms with Crippen molar-refractivity contribution in [2.24, 2.45) is 0 Å². The van der Waals surface area contributed by atoms with Crippen LogP contribution in [0.1, 0.15) is 31.5 Å². The average Bonchev–Trinajstić information content (AvgIpc) is 3.21. The van der Waals surface area contributed by atoms with Crippen LogP contribution in [0.4, 0.5) is 5.69 Å². The Balaban J connectivity index is 1.75. The van der Waals surface area contributed by atoms with E-state index < -0.39 is 5.97 Å². The molecule has 6 nitrogen and oxygen atoms in total. The summed E-state index contributed by atoms with van der Waals surface area (Å²) in [6, 6.07) is 10.2. The van der Waals surface area contributed by atoms with Gasteiger partial charge in [0.1, 0.15) is 5.76 Å². The molecule has 7 heteroatoms. The van der Waals surface area contributed by atoms with Crippen molar-refractivity contribution in [3.63, 3.8) is 0 Å². The van der Waals surface area contributed by atoms with Crippen LogP contribution < -0.4 is 5.32 Å². The lowest BCUT2D eigenvalue weighted by atomic mass is 10.2. The van der Waals surface area contributed by atoms with Crippen molar-refractivity contribution in [2.45, 2.75) is 13.8 Å². The molecule has 1 aromatic carbocycles. The van der Waals surface area contributed by atoms with Gasteiger partial charge in [0, 0.05) is 10.6 Å². The maximum absolute atomic E-state index is 12.4. The van der Waals surface area contributed by atoms with Crippen LogP contribution >= 0.6 is 11.3 Å². The molecule has 0 unspecified atom stereocenters. The predicted molar refractivity (Wildman–Crippen MR) is 95.0 cm³/mol. The first-order valence-electron chi connectivity index (χ1n) is 7.52. The molecular formula is C18H16N2O4S. The first kappa shape index (κ1) is 16.9. The molecule has 3 aromatic rings. The summed E-state index contributed by atoms with van der Waals surface area (Å²) < 4.78 is 9.82. The second-order valence-corrected chi connectivity index (χ2v) is 6.47. The molecule has 0 aliphatic heterocycles. The van der Waals surface area contributed by atoms with Crippen molar-refractivity contribution in [1.82, 2.24) is 5.16 Å². The van der Waals surface area contributed by atoms with Crippen molar-refractivity contribution in [3.05, 3.63) is 58.3 Å². The van der Waals surface area contributed by atoms with Gasteiger partial charge in [0.15, 0.2) is 0 Å². The van der Waals surface area contributed by atoms with E-state index in [1.54, 1.807) is 30.3 Å². The van der Waals surface area contributed by atoms with Crippen molar-refractivity contribution in [1.29, 1.82) is 0 Å². The third-order valence-corrected chi connectivity index (χ3v) is 4.77. The van der Waals surface area contributed by atoms with Crippen LogP contribution in [0.5, 0.6) is 0 Å². The molecule has 25 heavy (non-hydrogen) atoms. The van der Waals surface area contributed by atoms with E-state index in [4.69, 9.17) is 4.52 Å². The highest BCUT2D eigenvalue weighted by Crippen LogP contribution is 2.33. The highest BCUT2D eigenvalue weighted by atomic mass is 32.1. The van der Waals surface area contributed by atoms with E-state index in [9.17, 15) is 9.59 Å². The number of nitrogens with one attached hydrogen (secondary N) is 1. The van der Waals surface area contributed by atoms with E-state index in [2.05, 4.69) is 15.2 Å². The molecule has 2 aromatic heterocycles. The number of amides is 1. The summed E-state index contributed by atoms with van der Waals surface area (Å²) >= 11 is 1.37. The number of hydrogen-bond acceptors (Lipinski definition) is 6. The zero-order chi connectivity index (χ0) is 18.0. The fraction of sp³-hybridized carbons (Fsp3) is 0.167. The molecule has 0 atom stereocenters. The van der Waals surface area contributed by atoms with Gasteiger partial charge in [-0.3, -0.25) is 4.79 Å². The van der Waals surface area contributed by atoms with Gasteiger partial charge in [-0.25, -0.2) is 4.79 Å². The van der Waals surface area contributed by atoms with E-state index in [0.717, 1.165) is 21.9 Å².